The molecule has 1 aliphatic carbocycles. The summed E-state index contributed by atoms with van der Waals surface area (Å²) >= 11 is 0. The van der Waals surface area contributed by atoms with Gasteiger partial charge in [-0.15, -0.1) is 0 Å². The second-order valence-electron chi connectivity index (χ2n) is 2.46. The van der Waals surface area contributed by atoms with Gasteiger partial charge < -0.3 is 10.8 Å². The fourth-order valence-corrected chi connectivity index (χ4v) is 0.330. The van der Waals surface area contributed by atoms with Crippen molar-refractivity contribution in [3.05, 3.63) is 12.3 Å². The molecule has 1 fully saturated rings. The Morgan fingerprint density at radius 2 is 2.00 bits per heavy atom. The molecule has 3 N–H and O–H groups in total. The first-order valence-corrected chi connectivity index (χ1v) is 3.18. The van der Waals surface area contributed by atoms with E-state index in [-0.39, 0.29) is 5.92 Å². The molecular formula is C7H13NO2. The molecule has 0 atom stereocenters. The molecule has 3 heteroatoms. The Kier molecular flexibility index (Phi) is 3.54. The smallest absolute Gasteiger partial charge is 0.306 e. The van der Waals surface area contributed by atoms with Crippen LogP contribution in [0.3, 0.4) is 0 Å². The van der Waals surface area contributed by atoms with Gasteiger partial charge in [-0.2, -0.15) is 0 Å². The van der Waals surface area contributed by atoms with E-state index in [1.54, 1.807) is 6.92 Å². The van der Waals surface area contributed by atoms with Gasteiger partial charge in [-0.05, 0) is 25.5 Å². The van der Waals surface area contributed by atoms with Crippen LogP contribution in [0.4, 0.5) is 0 Å². The van der Waals surface area contributed by atoms with Crippen molar-refractivity contribution in [1.82, 2.24) is 0 Å². The number of nitrogens with two attached hydrogens (primary N) is 1. The van der Waals surface area contributed by atoms with Gasteiger partial charge in [0.2, 0.25) is 0 Å². The van der Waals surface area contributed by atoms with Gasteiger partial charge >= 0.3 is 5.97 Å². The summed E-state index contributed by atoms with van der Waals surface area (Å²) in [5.41, 5.74) is 5.58. The zero-order valence-electron chi connectivity index (χ0n) is 6.13. The Hall–Kier alpha value is -0.990. The molecule has 1 rings (SSSR count). The molecule has 0 aromatic rings. The van der Waals surface area contributed by atoms with E-state index in [1.807, 2.05) is 0 Å². The lowest BCUT2D eigenvalue weighted by Gasteiger charge is -1.75. The number of carbonyl (C=O) groups is 1. The van der Waals surface area contributed by atoms with Crippen molar-refractivity contribution in [2.75, 3.05) is 0 Å². The maximum atomic E-state index is 9.76. The monoisotopic (exact) mass is 143 g/mol. The maximum Gasteiger partial charge on any atom is 0.306 e. The molecule has 0 unspecified atom stereocenters. The number of aliphatic carboxylic acids is 1. The van der Waals surface area contributed by atoms with E-state index in [4.69, 9.17) is 10.8 Å². The van der Waals surface area contributed by atoms with E-state index < -0.39 is 5.97 Å². The fraction of sp³-hybridized carbons (Fsp3) is 0.571. The first-order chi connectivity index (χ1) is 4.54. The number of hydrogen-bond donors (Lipinski definition) is 2. The molecule has 0 aromatic carbocycles. The largest absolute Gasteiger partial charge is 0.481 e. The molecule has 0 aromatic heterocycles. The highest BCUT2D eigenvalue weighted by Gasteiger charge is 2.28. The molecule has 3 nitrogen and oxygen atoms in total. The Morgan fingerprint density at radius 1 is 1.70 bits per heavy atom. The summed E-state index contributed by atoms with van der Waals surface area (Å²) in [5, 5.41) is 8.05. The van der Waals surface area contributed by atoms with E-state index in [9.17, 15) is 4.79 Å². The summed E-state index contributed by atoms with van der Waals surface area (Å²) in [5.74, 6) is -0.611. The molecule has 58 valence electrons. The minimum atomic E-state index is -0.630. The lowest BCUT2D eigenvalue weighted by Crippen LogP contribution is -1.94. The van der Waals surface area contributed by atoms with Gasteiger partial charge in [-0.1, -0.05) is 6.58 Å². The summed E-state index contributed by atoms with van der Waals surface area (Å²) < 4.78 is 0. The molecule has 0 saturated heterocycles. The molecule has 0 amide bonds. The highest BCUT2D eigenvalue weighted by Crippen LogP contribution is 2.28. The van der Waals surface area contributed by atoms with Gasteiger partial charge in [0, 0.05) is 0 Å². The third kappa shape index (κ3) is 7.01. The average Bonchev–Trinajstić information content (AvgIpc) is 2.38. The summed E-state index contributed by atoms with van der Waals surface area (Å²) in [7, 11) is 0. The second-order valence-corrected chi connectivity index (χ2v) is 2.46. The summed E-state index contributed by atoms with van der Waals surface area (Å²) in [4.78, 5) is 9.76. The van der Waals surface area contributed by atoms with Crippen LogP contribution >= 0.6 is 0 Å². The molecule has 0 spiro atoms. The van der Waals surface area contributed by atoms with Crippen LogP contribution in [-0.2, 0) is 4.79 Å². The molecule has 0 aliphatic heterocycles. The van der Waals surface area contributed by atoms with Crippen molar-refractivity contribution in [2.45, 2.75) is 19.8 Å². The van der Waals surface area contributed by atoms with Crippen molar-refractivity contribution in [3.63, 3.8) is 0 Å². The van der Waals surface area contributed by atoms with Crippen LogP contribution in [-0.4, -0.2) is 11.1 Å². The highest BCUT2D eigenvalue weighted by molar-refractivity contribution is 5.72. The molecular weight excluding hydrogens is 130 g/mol. The molecule has 10 heavy (non-hydrogen) atoms. The third-order valence-electron chi connectivity index (χ3n) is 0.927. The Morgan fingerprint density at radius 3 is 2.00 bits per heavy atom. The van der Waals surface area contributed by atoms with Crippen LogP contribution in [0.1, 0.15) is 19.8 Å². The van der Waals surface area contributed by atoms with Gasteiger partial charge in [0.25, 0.3) is 0 Å². The third-order valence-corrected chi connectivity index (χ3v) is 0.927. The predicted molar refractivity (Wildman–Crippen MR) is 39.4 cm³/mol. The molecule has 1 saturated carbocycles. The van der Waals surface area contributed by atoms with E-state index in [0.29, 0.717) is 5.70 Å². The zero-order chi connectivity index (χ0) is 8.15. The summed E-state index contributed by atoms with van der Waals surface area (Å²) in [6, 6.07) is 0. The van der Waals surface area contributed by atoms with Crippen LogP contribution < -0.4 is 5.73 Å². The number of carboxylic acids is 1. The Labute approximate surface area is 60.5 Å². The number of allylic oxidation sites excluding steroid dienone is 1. The SMILES string of the molecule is C=C(C)N.O=C(O)C1CC1. The maximum absolute atomic E-state index is 9.76. The Balaban J connectivity index is 0.000000180. The lowest BCUT2D eigenvalue weighted by atomic mass is 10.5. The van der Waals surface area contributed by atoms with Crippen molar-refractivity contribution < 1.29 is 9.90 Å². The number of hydrogen-bond acceptors (Lipinski definition) is 2. The van der Waals surface area contributed by atoms with Crippen molar-refractivity contribution in [2.24, 2.45) is 11.7 Å². The first kappa shape index (κ1) is 9.01. The van der Waals surface area contributed by atoms with Crippen LogP contribution in [0.15, 0.2) is 12.3 Å². The Bertz CT molecular complexity index is 135. The standard InChI is InChI=1S/C4H6O2.C3H7N/c5-4(6)3-1-2-3;1-3(2)4/h3H,1-2H2,(H,5,6);1,4H2,2H3. The molecule has 0 heterocycles. The highest BCUT2D eigenvalue weighted by atomic mass is 16.4. The average molecular weight is 143 g/mol. The number of rotatable bonds is 1. The zero-order valence-corrected chi connectivity index (χ0v) is 6.13. The van der Waals surface area contributed by atoms with Gasteiger partial charge in [0.15, 0.2) is 0 Å². The van der Waals surface area contributed by atoms with Crippen molar-refractivity contribution in [1.29, 1.82) is 0 Å². The van der Waals surface area contributed by atoms with E-state index in [0.717, 1.165) is 12.8 Å². The van der Waals surface area contributed by atoms with Gasteiger partial charge in [0.1, 0.15) is 0 Å². The van der Waals surface area contributed by atoms with E-state index in [1.165, 1.54) is 0 Å². The molecule has 0 bridgehead atoms. The van der Waals surface area contributed by atoms with Crippen LogP contribution in [0, 0.1) is 5.92 Å². The van der Waals surface area contributed by atoms with Crippen molar-refractivity contribution in [3.8, 4) is 0 Å². The van der Waals surface area contributed by atoms with Gasteiger partial charge in [0.05, 0.1) is 5.92 Å². The summed E-state index contributed by atoms with van der Waals surface area (Å²) in [6.07, 6.45) is 1.80. The predicted octanol–water partition coefficient (Wildman–Crippen LogP) is 0.960. The van der Waals surface area contributed by atoms with Crippen LogP contribution in [0.2, 0.25) is 0 Å². The normalized spacial score (nSPS) is 14.9. The summed E-state index contributed by atoms with van der Waals surface area (Å²) in [6.45, 7) is 5.08. The first-order valence-electron chi connectivity index (χ1n) is 3.18. The van der Waals surface area contributed by atoms with Gasteiger partial charge in [-0.25, -0.2) is 0 Å². The lowest BCUT2D eigenvalue weighted by molar-refractivity contribution is -0.138. The second kappa shape index (κ2) is 3.93. The quantitative estimate of drug-likeness (QED) is 0.574. The molecule has 1 aliphatic rings. The molecule has 0 radical (unpaired) electrons. The minimum Gasteiger partial charge on any atom is -0.481 e. The van der Waals surface area contributed by atoms with Gasteiger partial charge in [-0.3, -0.25) is 4.79 Å². The number of carboxylic acid groups (broad SMARTS) is 1. The minimum absolute atomic E-state index is 0.0185. The van der Waals surface area contributed by atoms with Crippen molar-refractivity contribution >= 4 is 5.97 Å². The van der Waals surface area contributed by atoms with Crippen LogP contribution in [0.5, 0.6) is 0 Å². The van der Waals surface area contributed by atoms with Crippen LogP contribution in [0.25, 0.3) is 0 Å². The topological polar surface area (TPSA) is 63.3 Å². The van der Waals surface area contributed by atoms with E-state index >= 15 is 0 Å². The fourth-order valence-electron chi connectivity index (χ4n) is 0.330. The van der Waals surface area contributed by atoms with E-state index in [2.05, 4.69) is 6.58 Å².